The van der Waals surface area contributed by atoms with Crippen LogP contribution < -0.4 is 15.5 Å². The summed E-state index contributed by atoms with van der Waals surface area (Å²) in [6.45, 7) is 2.27. The predicted octanol–water partition coefficient (Wildman–Crippen LogP) is 3.32. The van der Waals surface area contributed by atoms with Crippen molar-refractivity contribution in [2.45, 2.75) is 13.5 Å². The Morgan fingerprint density at radius 2 is 1.52 bits per heavy atom. The highest BCUT2D eigenvalue weighted by molar-refractivity contribution is 5.88. The van der Waals surface area contributed by atoms with Gasteiger partial charge in [-0.1, -0.05) is 12.1 Å². The molecule has 4 nitrogen and oxygen atoms in total. The minimum absolute atomic E-state index is 0.0586. The highest BCUT2D eigenvalue weighted by Gasteiger charge is 1.98. The van der Waals surface area contributed by atoms with Crippen molar-refractivity contribution in [2.75, 3.05) is 29.6 Å². The number of nitrogens with one attached hydrogen (secondary N) is 2. The number of carbonyl (C=O) groups is 1. The van der Waals surface area contributed by atoms with Gasteiger partial charge in [0.05, 0.1) is 0 Å². The summed E-state index contributed by atoms with van der Waals surface area (Å²) in [4.78, 5) is 13.0. The molecule has 0 unspecified atom stereocenters. The Kier molecular flexibility index (Phi) is 4.82. The Balaban J connectivity index is 1.91. The van der Waals surface area contributed by atoms with Crippen LogP contribution in [0.25, 0.3) is 0 Å². The van der Waals surface area contributed by atoms with E-state index in [1.807, 2.05) is 38.4 Å². The summed E-state index contributed by atoms with van der Waals surface area (Å²) in [6, 6.07) is 16.1. The van der Waals surface area contributed by atoms with Crippen LogP contribution in [0.2, 0.25) is 0 Å². The van der Waals surface area contributed by atoms with Crippen LogP contribution in [-0.4, -0.2) is 20.0 Å². The maximum absolute atomic E-state index is 11.0. The molecule has 1 amide bonds. The van der Waals surface area contributed by atoms with Gasteiger partial charge in [-0.25, -0.2) is 0 Å². The summed E-state index contributed by atoms with van der Waals surface area (Å²) < 4.78 is 0. The van der Waals surface area contributed by atoms with E-state index in [0.29, 0.717) is 0 Å². The van der Waals surface area contributed by atoms with Crippen LogP contribution in [0.1, 0.15) is 12.5 Å². The highest BCUT2D eigenvalue weighted by Crippen LogP contribution is 2.16. The van der Waals surface area contributed by atoms with E-state index >= 15 is 0 Å². The molecule has 0 saturated heterocycles. The first kappa shape index (κ1) is 14.9. The fourth-order valence-corrected chi connectivity index (χ4v) is 1.99. The number of rotatable bonds is 5. The minimum Gasteiger partial charge on any atom is -0.381 e. The van der Waals surface area contributed by atoms with Crippen LogP contribution >= 0.6 is 0 Å². The summed E-state index contributed by atoms with van der Waals surface area (Å²) >= 11 is 0. The molecule has 0 aliphatic carbocycles. The number of carbonyl (C=O) groups excluding carboxylic acids is 1. The third kappa shape index (κ3) is 4.53. The molecule has 0 atom stereocenters. The molecular weight excluding hydrogens is 262 g/mol. The molecular formula is C17H21N3O. The topological polar surface area (TPSA) is 44.4 Å². The molecule has 0 spiro atoms. The van der Waals surface area contributed by atoms with Crippen molar-refractivity contribution in [3.05, 3.63) is 54.1 Å². The van der Waals surface area contributed by atoms with Gasteiger partial charge >= 0.3 is 0 Å². The van der Waals surface area contributed by atoms with Gasteiger partial charge in [0, 0.05) is 44.6 Å². The molecule has 0 aromatic heterocycles. The van der Waals surface area contributed by atoms with E-state index in [1.165, 1.54) is 18.2 Å². The van der Waals surface area contributed by atoms with Gasteiger partial charge < -0.3 is 15.5 Å². The summed E-state index contributed by atoms with van der Waals surface area (Å²) in [5, 5.41) is 6.12. The van der Waals surface area contributed by atoms with Gasteiger partial charge in [0.15, 0.2) is 0 Å². The lowest BCUT2D eigenvalue weighted by atomic mass is 10.2. The van der Waals surface area contributed by atoms with Crippen molar-refractivity contribution >= 4 is 23.0 Å². The number of anilines is 3. The Labute approximate surface area is 125 Å². The van der Waals surface area contributed by atoms with Crippen LogP contribution in [0.3, 0.4) is 0 Å². The van der Waals surface area contributed by atoms with Gasteiger partial charge in [0.25, 0.3) is 0 Å². The Bertz CT molecular complexity index is 588. The zero-order chi connectivity index (χ0) is 15.2. The number of hydrogen-bond donors (Lipinski definition) is 2. The number of nitrogens with zero attached hydrogens (tertiary/aromatic N) is 1. The van der Waals surface area contributed by atoms with E-state index in [0.717, 1.165) is 17.9 Å². The summed E-state index contributed by atoms with van der Waals surface area (Å²) in [7, 11) is 4.06. The van der Waals surface area contributed by atoms with E-state index in [4.69, 9.17) is 0 Å². The third-order valence-corrected chi connectivity index (χ3v) is 3.15. The zero-order valence-electron chi connectivity index (χ0n) is 12.7. The van der Waals surface area contributed by atoms with Gasteiger partial charge in [0.2, 0.25) is 5.91 Å². The first-order valence-electron chi connectivity index (χ1n) is 6.92. The second-order valence-electron chi connectivity index (χ2n) is 5.17. The Morgan fingerprint density at radius 3 is 2.05 bits per heavy atom. The van der Waals surface area contributed by atoms with Crippen molar-refractivity contribution in [1.29, 1.82) is 0 Å². The normalized spacial score (nSPS) is 10.0. The molecule has 2 aromatic carbocycles. The number of benzene rings is 2. The van der Waals surface area contributed by atoms with Gasteiger partial charge in [-0.2, -0.15) is 0 Å². The molecule has 4 heteroatoms. The van der Waals surface area contributed by atoms with E-state index < -0.39 is 0 Å². The smallest absolute Gasteiger partial charge is 0.221 e. The SMILES string of the molecule is CC(=O)Nc1ccc(NCc2ccc(N(C)C)cc2)cc1. The molecule has 0 radical (unpaired) electrons. The fraction of sp³-hybridized carbons (Fsp3) is 0.235. The van der Waals surface area contributed by atoms with Gasteiger partial charge in [-0.15, -0.1) is 0 Å². The van der Waals surface area contributed by atoms with Crippen LogP contribution in [0.5, 0.6) is 0 Å². The average Bonchev–Trinajstić information content (AvgIpc) is 2.46. The standard InChI is InChI=1S/C17H21N3O/c1-13(21)19-16-8-6-15(7-9-16)18-12-14-4-10-17(11-5-14)20(2)3/h4-11,18H,12H2,1-3H3,(H,19,21). The molecule has 0 saturated carbocycles. The van der Waals surface area contributed by atoms with Gasteiger partial charge in [-0.05, 0) is 42.0 Å². The van der Waals surface area contributed by atoms with Crippen LogP contribution in [-0.2, 0) is 11.3 Å². The molecule has 0 aliphatic rings. The van der Waals surface area contributed by atoms with Gasteiger partial charge in [-0.3, -0.25) is 4.79 Å². The second kappa shape index (κ2) is 6.79. The van der Waals surface area contributed by atoms with E-state index in [-0.39, 0.29) is 5.91 Å². The fourth-order valence-electron chi connectivity index (χ4n) is 1.99. The van der Waals surface area contributed by atoms with Crippen molar-refractivity contribution in [1.82, 2.24) is 0 Å². The van der Waals surface area contributed by atoms with E-state index in [1.54, 1.807) is 0 Å². The molecule has 0 bridgehead atoms. The molecule has 21 heavy (non-hydrogen) atoms. The van der Waals surface area contributed by atoms with Crippen LogP contribution in [0, 0.1) is 0 Å². The summed E-state index contributed by atoms with van der Waals surface area (Å²) in [5.74, 6) is -0.0586. The molecule has 0 fully saturated rings. The highest BCUT2D eigenvalue weighted by atomic mass is 16.1. The maximum atomic E-state index is 11.0. The van der Waals surface area contributed by atoms with Crippen molar-refractivity contribution in [2.24, 2.45) is 0 Å². The predicted molar refractivity (Wildman–Crippen MR) is 88.8 cm³/mol. The average molecular weight is 283 g/mol. The number of amides is 1. The first-order valence-corrected chi connectivity index (χ1v) is 6.92. The Morgan fingerprint density at radius 1 is 0.952 bits per heavy atom. The molecule has 0 aliphatic heterocycles. The Hall–Kier alpha value is -2.49. The lowest BCUT2D eigenvalue weighted by Gasteiger charge is -2.13. The molecule has 2 aromatic rings. The van der Waals surface area contributed by atoms with E-state index in [9.17, 15) is 4.79 Å². The monoisotopic (exact) mass is 283 g/mol. The van der Waals surface area contributed by atoms with Crippen molar-refractivity contribution < 1.29 is 4.79 Å². The molecule has 2 rings (SSSR count). The molecule has 0 heterocycles. The third-order valence-electron chi connectivity index (χ3n) is 3.15. The second-order valence-corrected chi connectivity index (χ2v) is 5.17. The van der Waals surface area contributed by atoms with Crippen molar-refractivity contribution in [3.63, 3.8) is 0 Å². The number of hydrogen-bond acceptors (Lipinski definition) is 3. The zero-order valence-corrected chi connectivity index (χ0v) is 12.7. The molecule has 2 N–H and O–H groups in total. The molecule has 110 valence electrons. The minimum atomic E-state index is -0.0586. The lowest BCUT2D eigenvalue weighted by Crippen LogP contribution is -2.08. The van der Waals surface area contributed by atoms with E-state index in [2.05, 4.69) is 39.8 Å². The first-order chi connectivity index (χ1) is 10.0. The summed E-state index contributed by atoms with van der Waals surface area (Å²) in [5.41, 5.74) is 4.26. The summed E-state index contributed by atoms with van der Waals surface area (Å²) in [6.07, 6.45) is 0. The van der Waals surface area contributed by atoms with Crippen molar-refractivity contribution in [3.8, 4) is 0 Å². The largest absolute Gasteiger partial charge is 0.381 e. The maximum Gasteiger partial charge on any atom is 0.221 e. The van der Waals surface area contributed by atoms with Crippen LogP contribution in [0.4, 0.5) is 17.1 Å². The quantitative estimate of drug-likeness (QED) is 0.884. The lowest BCUT2D eigenvalue weighted by molar-refractivity contribution is -0.114. The van der Waals surface area contributed by atoms with Crippen LogP contribution in [0.15, 0.2) is 48.5 Å². The van der Waals surface area contributed by atoms with Gasteiger partial charge in [0.1, 0.15) is 0 Å².